The van der Waals surface area contributed by atoms with Crippen molar-refractivity contribution in [3.05, 3.63) is 35.9 Å². The van der Waals surface area contributed by atoms with Gasteiger partial charge in [0.25, 0.3) is 0 Å². The zero-order valence-corrected chi connectivity index (χ0v) is 16.4. The van der Waals surface area contributed by atoms with E-state index in [0.29, 0.717) is 19.6 Å². The van der Waals surface area contributed by atoms with Crippen molar-refractivity contribution >= 4 is 12.0 Å². The van der Waals surface area contributed by atoms with Crippen LogP contribution in [0, 0.1) is 0 Å². The van der Waals surface area contributed by atoms with Crippen LogP contribution in [0.4, 0.5) is 4.79 Å². The second-order valence-corrected chi connectivity index (χ2v) is 7.60. The van der Waals surface area contributed by atoms with E-state index in [1.807, 2.05) is 49.3 Å². The zero-order chi connectivity index (χ0) is 19.8. The van der Waals surface area contributed by atoms with Gasteiger partial charge in [0.05, 0.1) is 13.2 Å². The molecule has 0 heterocycles. The molecule has 0 fully saturated rings. The fraction of sp³-hybridized carbons (Fsp3) is 0.579. The summed E-state index contributed by atoms with van der Waals surface area (Å²) in [5.41, 5.74) is 4.58. The van der Waals surface area contributed by atoms with Crippen molar-refractivity contribution in [1.29, 1.82) is 0 Å². The van der Waals surface area contributed by atoms with Crippen molar-refractivity contribution in [2.45, 2.75) is 44.9 Å². The topological polar surface area (TPSA) is 93.9 Å². The number of nitrogens with two attached hydrogens (primary N) is 1. The highest BCUT2D eigenvalue weighted by molar-refractivity contribution is 5.89. The van der Waals surface area contributed by atoms with Crippen LogP contribution >= 0.6 is 0 Å². The summed E-state index contributed by atoms with van der Waals surface area (Å²) in [6.07, 6.45) is -0.387. The molecule has 1 aromatic carbocycles. The van der Waals surface area contributed by atoms with Crippen molar-refractivity contribution in [3.8, 4) is 0 Å². The molecule has 0 radical (unpaired) electrons. The molecular weight excluding hydrogens is 334 g/mol. The van der Waals surface area contributed by atoms with Gasteiger partial charge in [-0.05, 0) is 46.9 Å². The molecule has 2 amide bonds. The Hall–Kier alpha value is -2.12. The van der Waals surface area contributed by atoms with E-state index in [9.17, 15) is 9.59 Å². The SMILES string of the molecule is CN(C)CC[C@](COCc1ccccc1)(NC(=O)OC(C)(C)C)C(N)=O. The predicted molar refractivity (Wildman–Crippen MR) is 101 cm³/mol. The van der Waals surface area contributed by atoms with Crippen LogP contribution in [0.1, 0.15) is 32.8 Å². The first kappa shape index (κ1) is 21.9. The van der Waals surface area contributed by atoms with Crippen LogP contribution in [0.15, 0.2) is 30.3 Å². The van der Waals surface area contributed by atoms with Gasteiger partial charge in [-0.25, -0.2) is 4.79 Å². The molecule has 1 rings (SSSR count). The van der Waals surface area contributed by atoms with E-state index < -0.39 is 23.1 Å². The molecule has 1 aromatic rings. The molecule has 146 valence electrons. The molecule has 0 bridgehead atoms. The molecule has 0 aliphatic heterocycles. The maximum Gasteiger partial charge on any atom is 0.408 e. The molecule has 7 nitrogen and oxygen atoms in total. The van der Waals surface area contributed by atoms with Crippen LogP contribution in [0.25, 0.3) is 0 Å². The number of carbonyl (C=O) groups is 2. The number of hydrogen-bond donors (Lipinski definition) is 2. The third kappa shape index (κ3) is 7.84. The van der Waals surface area contributed by atoms with Crippen LogP contribution in [-0.2, 0) is 20.9 Å². The fourth-order valence-electron chi connectivity index (χ4n) is 2.26. The molecular formula is C19H31N3O4. The van der Waals surface area contributed by atoms with Crippen LogP contribution in [0.3, 0.4) is 0 Å². The monoisotopic (exact) mass is 365 g/mol. The van der Waals surface area contributed by atoms with Crippen LogP contribution in [0.5, 0.6) is 0 Å². The second kappa shape index (κ2) is 9.54. The van der Waals surface area contributed by atoms with Gasteiger partial charge in [0.2, 0.25) is 5.91 Å². The number of nitrogens with one attached hydrogen (secondary N) is 1. The van der Waals surface area contributed by atoms with Gasteiger partial charge in [0.1, 0.15) is 11.1 Å². The highest BCUT2D eigenvalue weighted by atomic mass is 16.6. The number of ether oxygens (including phenoxy) is 2. The molecule has 0 unspecified atom stereocenters. The summed E-state index contributed by atoms with van der Waals surface area (Å²) in [4.78, 5) is 26.4. The van der Waals surface area contributed by atoms with Crippen molar-refractivity contribution in [1.82, 2.24) is 10.2 Å². The number of benzene rings is 1. The average Bonchev–Trinajstić information content (AvgIpc) is 2.51. The van der Waals surface area contributed by atoms with E-state index >= 15 is 0 Å². The molecule has 0 aliphatic carbocycles. The smallest absolute Gasteiger partial charge is 0.408 e. The molecule has 0 aliphatic rings. The number of hydrogen-bond acceptors (Lipinski definition) is 5. The normalized spacial score (nSPS) is 13.9. The van der Waals surface area contributed by atoms with Crippen LogP contribution in [-0.4, -0.2) is 55.3 Å². The molecule has 7 heteroatoms. The standard InChI is InChI=1S/C19H31N3O4/c1-18(2,3)26-17(24)21-19(16(20)23,11-12-22(4)5)14-25-13-15-9-7-6-8-10-15/h6-10H,11-14H2,1-5H3,(H2,20,23)(H,21,24)/t19-/m1/s1. The molecule has 26 heavy (non-hydrogen) atoms. The summed E-state index contributed by atoms with van der Waals surface area (Å²) in [6.45, 7) is 6.09. The highest BCUT2D eigenvalue weighted by Gasteiger charge is 2.40. The number of nitrogens with zero attached hydrogens (tertiary/aromatic N) is 1. The zero-order valence-electron chi connectivity index (χ0n) is 16.4. The lowest BCUT2D eigenvalue weighted by atomic mass is 9.95. The summed E-state index contributed by atoms with van der Waals surface area (Å²) < 4.78 is 11.0. The van der Waals surface area contributed by atoms with E-state index in [2.05, 4.69) is 5.32 Å². The Kier molecular flexibility index (Phi) is 8.05. The molecule has 0 saturated carbocycles. The van der Waals surface area contributed by atoms with Gasteiger partial charge in [-0.1, -0.05) is 30.3 Å². The number of primary amides is 1. The first-order valence-electron chi connectivity index (χ1n) is 8.61. The Bertz CT molecular complexity index is 584. The average molecular weight is 365 g/mol. The van der Waals surface area contributed by atoms with Gasteiger partial charge in [-0.2, -0.15) is 0 Å². The fourth-order valence-corrected chi connectivity index (χ4v) is 2.26. The van der Waals surface area contributed by atoms with Crippen molar-refractivity contribution in [2.24, 2.45) is 5.73 Å². The van der Waals surface area contributed by atoms with Gasteiger partial charge >= 0.3 is 6.09 Å². The van der Waals surface area contributed by atoms with Crippen molar-refractivity contribution < 1.29 is 19.1 Å². The summed E-state index contributed by atoms with van der Waals surface area (Å²) in [7, 11) is 3.76. The van der Waals surface area contributed by atoms with Crippen LogP contribution in [0.2, 0.25) is 0 Å². The van der Waals surface area contributed by atoms with E-state index in [-0.39, 0.29) is 6.61 Å². The lowest BCUT2D eigenvalue weighted by Gasteiger charge is -2.33. The lowest BCUT2D eigenvalue weighted by molar-refractivity contribution is -0.128. The van der Waals surface area contributed by atoms with E-state index in [4.69, 9.17) is 15.2 Å². The van der Waals surface area contributed by atoms with Gasteiger partial charge in [0.15, 0.2) is 0 Å². The van der Waals surface area contributed by atoms with Gasteiger partial charge in [-0.3, -0.25) is 4.79 Å². The Morgan fingerprint density at radius 2 is 1.77 bits per heavy atom. The third-order valence-electron chi connectivity index (χ3n) is 3.66. The maximum atomic E-state index is 12.2. The van der Waals surface area contributed by atoms with E-state index in [0.717, 1.165) is 5.56 Å². The van der Waals surface area contributed by atoms with Crippen molar-refractivity contribution in [2.75, 3.05) is 27.2 Å². The lowest BCUT2D eigenvalue weighted by Crippen LogP contribution is -2.62. The van der Waals surface area contributed by atoms with Gasteiger partial charge in [0, 0.05) is 6.54 Å². The summed E-state index contributed by atoms with van der Waals surface area (Å²) in [6, 6.07) is 9.58. The Morgan fingerprint density at radius 1 is 1.15 bits per heavy atom. The number of carbonyl (C=O) groups excluding carboxylic acids is 2. The number of amides is 2. The summed E-state index contributed by atoms with van der Waals surface area (Å²) >= 11 is 0. The quantitative estimate of drug-likeness (QED) is 0.697. The maximum absolute atomic E-state index is 12.2. The Morgan fingerprint density at radius 3 is 2.27 bits per heavy atom. The van der Waals surface area contributed by atoms with E-state index in [1.165, 1.54) is 0 Å². The van der Waals surface area contributed by atoms with Crippen LogP contribution < -0.4 is 11.1 Å². The molecule has 0 spiro atoms. The second-order valence-electron chi connectivity index (χ2n) is 7.60. The largest absolute Gasteiger partial charge is 0.444 e. The summed E-state index contributed by atoms with van der Waals surface area (Å²) in [5, 5.41) is 2.64. The minimum atomic E-state index is -1.35. The number of alkyl carbamates (subject to hydrolysis) is 1. The van der Waals surface area contributed by atoms with E-state index in [1.54, 1.807) is 20.8 Å². The molecule has 0 saturated heterocycles. The molecule has 3 N–H and O–H groups in total. The number of rotatable bonds is 9. The third-order valence-corrected chi connectivity index (χ3v) is 3.66. The molecule has 1 atom stereocenters. The minimum Gasteiger partial charge on any atom is -0.444 e. The summed E-state index contributed by atoms with van der Waals surface area (Å²) in [5.74, 6) is -0.654. The first-order chi connectivity index (χ1) is 12.0. The highest BCUT2D eigenvalue weighted by Crippen LogP contribution is 2.16. The predicted octanol–water partition coefficient (Wildman–Crippen LogP) is 1.90. The minimum absolute atomic E-state index is 0.0374. The van der Waals surface area contributed by atoms with Crippen molar-refractivity contribution in [3.63, 3.8) is 0 Å². The first-order valence-corrected chi connectivity index (χ1v) is 8.61. The van der Waals surface area contributed by atoms with Gasteiger partial charge < -0.3 is 25.4 Å². The Balaban J connectivity index is 2.86. The van der Waals surface area contributed by atoms with Gasteiger partial charge in [-0.15, -0.1) is 0 Å². The molecule has 0 aromatic heterocycles. The Labute approximate surface area is 155 Å².